The van der Waals surface area contributed by atoms with Crippen molar-refractivity contribution >= 4 is 17.2 Å². The Morgan fingerprint density at radius 1 is 1.26 bits per heavy atom. The number of nitrogens with zero attached hydrogens (tertiary/aromatic N) is 2. The molecule has 27 heavy (non-hydrogen) atoms. The number of hydrogen-bond acceptors (Lipinski definition) is 5. The SMILES string of the molecule is NC1(C(=O)Nc2cccc(OCc3cn4ccccc4n3)c2)CCOCC1. The van der Waals surface area contributed by atoms with Crippen molar-refractivity contribution in [2.45, 2.75) is 25.0 Å². The molecule has 0 spiro atoms. The number of rotatable bonds is 5. The first kappa shape index (κ1) is 17.5. The van der Waals surface area contributed by atoms with E-state index in [-0.39, 0.29) is 5.91 Å². The topological polar surface area (TPSA) is 90.9 Å². The van der Waals surface area contributed by atoms with Crippen LogP contribution in [-0.2, 0) is 16.1 Å². The van der Waals surface area contributed by atoms with Gasteiger partial charge < -0.3 is 24.9 Å². The highest BCUT2D eigenvalue weighted by atomic mass is 16.5. The van der Waals surface area contributed by atoms with Crippen LogP contribution in [0.15, 0.2) is 54.9 Å². The molecule has 140 valence electrons. The van der Waals surface area contributed by atoms with Gasteiger partial charge in [-0.05, 0) is 37.1 Å². The molecule has 0 bridgehead atoms. The summed E-state index contributed by atoms with van der Waals surface area (Å²) in [7, 11) is 0. The van der Waals surface area contributed by atoms with Crippen molar-refractivity contribution in [3.8, 4) is 5.75 Å². The number of amides is 1. The van der Waals surface area contributed by atoms with E-state index in [1.165, 1.54) is 0 Å². The molecule has 1 aliphatic rings. The number of hydrogen-bond donors (Lipinski definition) is 2. The molecular weight excluding hydrogens is 344 g/mol. The molecule has 0 unspecified atom stereocenters. The monoisotopic (exact) mass is 366 g/mol. The highest BCUT2D eigenvalue weighted by Gasteiger charge is 2.35. The molecule has 1 saturated heterocycles. The molecule has 1 amide bonds. The minimum Gasteiger partial charge on any atom is -0.487 e. The van der Waals surface area contributed by atoms with Gasteiger partial charge in [0.25, 0.3) is 0 Å². The molecule has 1 fully saturated rings. The quantitative estimate of drug-likeness (QED) is 0.723. The van der Waals surface area contributed by atoms with Gasteiger partial charge in [0, 0.05) is 37.4 Å². The molecule has 3 aromatic rings. The summed E-state index contributed by atoms with van der Waals surface area (Å²) in [5, 5.41) is 2.89. The molecule has 0 aliphatic carbocycles. The fraction of sp³-hybridized carbons (Fsp3) is 0.300. The van der Waals surface area contributed by atoms with Crippen LogP contribution in [0.25, 0.3) is 5.65 Å². The zero-order chi connectivity index (χ0) is 18.7. The minimum absolute atomic E-state index is 0.191. The van der Waals surface area contributed by atoms with E-state index in [4.69, 9.17) is 15.2 Å². The molecule has 3 heterocycles. The maximum Gasteiger partial charge on any atom is 0.244 e. The predicted octanol–water partition coefficient (Wildman–Crippen LogP) is 2.36. The Hall–Kier alpha value is -2.90. The lowest BCUT2D eigenvalue weighted by Gasteiger charge is -2.31. The third-order valence-electron chi connectivity index (χ3n) is 4.73. The molecule has 0 atom stereocenters. The second-order valence-corrected chi connectivity index (χ2v) is 6.74. The second-order valence-electron chi connectivity index (χ2n) is 6.74. The Labute approximate surface area is 157 Å². The van der Waals surface area contributed by atoms with Gasteiger partial charge in [-0.25, -0.2) is 4.98 Å². The summed E-state index contributed by atoms with van der Waals surface area (Å²) >= 11 is 0. The van der Waals surface area contributed by atoms with Gasteiger partial charge in [0.15, 0.2) is 0 Å². The number of fused-ring (bicyclic) bond motifs is 1. The van der Waals surface area contributed by atoms with E-state index in [0.29, 0.717) is 44.1 Å². The van der Waals surface area contributed by atoms with Gasteiger partial charge in [-0.3, -0.25) is 4.79 Å². The standard InChI is InChI=1S/C20H22N4O3/c21-20(7-10-26-11-8-20)19(25)23-15-4-3-5-17(12-15)27-14-16-13-24-9-2-1-6-18(24)22-16/h1-6,9,12-13H,7-8,10-11,14,21H2,(H,23,25). The second kappa shape index (κ2) is 7.38. The Kier molecular flexibility index (Phi) is 4.79. The number of carbonyl (C=O) groups is 1. The van der Waals surface area contributed by atoms with Crippen LogP contribution >= 0.6 is 0 Å². The van der Waals surface area contributed by atoms with Crippen molar-refractivity contribution in [1.29, 1.82) is 0 Å². The largest absolute Gasteiger partial charge is 0.487 e. The number of aromatic nitrogens is 2. The van der Waals surface area contributed by atoms with Gasteiger partial charge in [-0.15, -0.1) is 0 Å². The van der Waals surface area contributed by atoms with Gasteiger partial charge in [0.2, 0.25) is 5.91 Å². The van der Waals surface area contributed by atoms with Crippen molar-refractivity contribution in [3.05, 3.63) is 60.6 Å². The Morgan fingerprint density at radius 3 is 2.93 bits per heavy atom. The maximum atomic E-state index is 12.5. The number of imidazole rings is 1. The Bertz CT molecular complexity index is 914. The maximum absolute atomic E-state index is 12.5. The Morgan fingerprint density at radius 2 is 2.11 bits per heavy atom. The summed E-state index contributed by atoms with van der Waals surface area (Å²) in [6.07, 6.45) is 4.91. The van der Waals surface area contributed by atoms with Crippen LogP contribution in [0, 0.1) is 0 Å². The molecule has 2 aromatic heterocycles. The first-order chi connectivity index (χ1) is 13.1. The summed E-state index contributed by atoms with van der Waals surface area (Å²) in [5.74, 6) is 0.464. The molecule has 1 aliphatic heterocycles. The van der Waals surface area contributed by atoms with E-state index in [2.05, 4.69) is 10.3 Å². The highest BCUT2D eigenvalue weighted by molar-refractivity contribution is 5.98. The molecule has 4 rings (SSSR count). The third-order valence-corrected chi connectivity index (χ3v) is 4.73. The Balaban J connectivity index is 1.40. The van der Waals surface area contributed by atoms with E-state index in [9.17, 15) is 4.79 Å². The average Bonchev–Trinajstić information content (AvgIpc) is 3.10. The molecule has 1 aromatic carbocycles. The van der Waals surface area contributed by atoms with Gasteiger partial charge in [0.1, 0.15) is 23.5 Å². The fourth-order valence-electron chi connectivity index (χ4n) is 3.10. The van der Waals surface area contributed by atoms with Gasteiger partial charge >= 0.3 is 0 Å². The lowest BCUT2D eigenvalue weighted by molar-refractivity contribution is -0.124. The number of ether oxygens (including phenoxy) is 2. The van der Waals surface area contributed by atoms with Crippen molar-refractivity contribution in [2.24, 2.45) is 5.73 Å². The first-order valence-corrected chi connectivity index (χ1v) is 8.96. The van der Waals surface area contributed by atoms with Crippen LogP contribution in [0.1, 0.15) is 18.5 Å². The summed E-state index contributed by atoms with van der Waals surface area (Å²) in [6.45, 7) is 1.36. The van der Waals surface area contributed by atoms with Crippen molar-refractivity contribution < 1.29 is 14.3 Å². The van der Waals surface area contributed by atoms with Crippen LogP contribution in [0.4, 0.5) is 5.69 Å². The lowest BCUT2D eigenvalue weighted by Crippen LogP contribution is -2.54. The van der Waals surface area contributed by atoms with E-state index in [1.54, 1.807) is 6.07 Å². The average molecular weight is 366 g/mol. The van der Waals surface area contributed by atoms with Gasteiger partial charge in [-0.2, -0.15) is 0 Å². The molecule has 0 saturated carbocycles. The van der Waals surface area contributed by atoms with Crippen molar-refractivity contribution in [2.75, 3.05) is 18.5 Å². The fourth-order valence-corrected chi connectivity index (χ4v) is 3.10. The van der Waals surface area contributed by atoms with Crippen molar-refractivity contribution in [1.82, 2.24) is 9.38 Å². The summed E-state index contributed by atoms with van der Waals surface area (Å²) < 4.78 is 13.1. The zero-order valence-corrected chi connectivity index (χ0v) is 14.9. The minimum atomic E-state index is -0.883. The van der Waals surface area contributed by atoms with E-state index < -0.39 is 5.54 Å². The van der Waals surface area contributed by atoms with E-state index in [0.717, 1.165) is 11.3 Å². The highest BCUT2D eigenvalue weighted by Crippen LogP contribution is 2.23. The lowest BCUT2D eigenvalue weighted by atomic mass is 9.90. The van der Waals surface area contributed by atoms with Gasteiger partial charge in [0.05, 0.1) is 5.69 Å². The predicted molar refractivity (Wildman–Crippen MR) is 102 cm³/mol. The zero-order valence-electron chi connectivity index (χ0n) is 14.9. The van der Waals surface area contributed by atoms with Crippen molar-refractivity contribution in [3.63, 3.8) is 0 Å². The number of benzene rings is 1. The summed E-state index contributed by atoms with van der Waals surface area (Å²) in [6, 6.07) is 13.1. The van der Waals surface area contributed by atoms with Crippen LogP contribution in [-0.4, -0.2) is 34.0 Å². The number of nitrogens with one attached hydrogen (secondary N) is 1. The molecular formula is C20H22N4O3. The van der Waals surface area contributed by atoms with Crippen LogP contribution in [0.3, 0.4) is 0 Å². The molecule has 0 radical (unpaired) electrons. The molecule has 7 heteroatoms. The van der Waals surface area contributed by atoms with Gasteiger partial charge in [-0.1, -0.05) is 12.1 Å². The number of carbonyl (C=O) groups excluding carboxylic acids is 1. The number of pyridine rings is 1. The third kappa shape index (κ3) is 3.94. The van der Waals surface area contributed by atoms with Crippen LogP contribution in [0.5, 0.6) is 5.75 Å². The number of nitrogens with two attached hydrogens (primary N) is 1. The van der Waals surface area contributed by atoms with E-state index in [1.807, 2.05) is 53.2 Å². The molecule has 7 nitrogen and oxygen atoms in total. The van der Waals surface area contributed by atoms with E-state index >= 15 is 0 Å². The number of anilines is 1. The smallest absolute Gasteiger partial charge is 0.244 e. The molecule has 3 N–H and O–H groups in total. The summed E-state index contributed by atoms with van der Waals surface area (Å²) in [5.41, 5.74) is 7.71. The normalized spacial score (nSPS) is 16.2. The summed E-state index contributed by atoms with van der Waals surface area (Å²) in [4.78, 5) is 17.0. The van der Waals surface area contributed by atoms with Crippen LogP contribution < -0.4 is 15.8 Å². The first-order valence-electron chi connectivity index (χ1n) is 8.96. The van der Waals surface area contributed by atoms with Crippen LogP contribution in [0.2, 0.25) is 0 Å².